The Hall–Kier alpha value is -2.04. The van der Waals surface area contributed by atoms with Gasteiger partial charge in [0.25, 0.3) is 0 Å². The van der Waals surface area contributed by atoms with Gasteiger partial charge >= 0.3 is 11.1 Å². The molecule has 1 aromatic heterocycles. The molecule has 5 heteroatoms. The third kappa shape index (κ3) is 1.20. The minimum Gasteiger partial charge on any atom is -0.508 e. The van der Waals surface area contributed by atoms with E-state index >= 15 is 0 Å². The van der Waals surface area contributed by atoms with Gasteiger partial charge < -0.3 is 15.1 Å². The first-order valence-electron chi connectivity index (χ1n) is 3.62. The molecule has 66 valence electrons. The molecule has 0 atom stereocenters. The number of H-pyrrole nitrogens is 2. The van der Waals surface area contributed by atoms with Crippen molar-refractivity contribution in [1.82, 2.24) is 9.97 Å². The van der Waals surface area contributed by atoms with Gasteiger partial charge in [0.15, 0.2) is 0 Å². The van der Waals surface area contributed by atoms with E-state index in [1.54, 1.807) is 0 Å². The van der Waals surface area contributed by atoms with Crippen LogP contribution in [-0.2, 0) is 0 Å². The predicted molar refractivity (Wildman–Crippen MR) is 46.9 cm³/mol. The molecule has 3 N–H and O–H groups in total. The molecule has 2 aromatic rings. The number of hydrogen-bond acceptors (Lipinski definition) is 3. The van der Waals surface area contributed by atoms with Crippen LogP contribution in [0.15, 0.2) is 27.8 Å². The molecular weight excluding hydrogens is 172 g/mol. The van der Waals surface area contributed by atoms with Gasteiger partial charge in [-0.2, -0.15) is 0 Å². The van der Waals surface area contributed by atoms with Crippen molar-refractivity contribution in [2.75, 3.05) is 0 Å². The van der Waals surface area contributed by atoms with Crippen LogP contribution >= 0.6 is 0 Å². The molecule has 1 heterocycles. The first-order chi connectivity index (χ1) is 6.16. The van der Waals surface area contributed by atoms with Crippen LogP contribution in [0.4, 0.5) is 0 Å². The molecule has 0 saturated heterocycles. The number of aromatic nitrogens is 2. The Bertz CT molecular complexity index is 567. The van der Waals surface area contributed by atoms with Crippen LogP contribution in [0, 0.1) is 0 Å². The summed E-state index contributed by atoms with van der Waals surface area (Å²) in [6.45, 7) is 0. The summed E-state index contributed by atoms with van der Waals surface area (Å²) in [5, 5.41) is 9.08. The van der Waals surface area contributed by atoms with Crippen molar-refractivity contribution < 1.29 is 5.11 Å². The van der Waals surface area contributed by atoms with Gasteiger partial charge in [-0.15, -0.1) is 0 Å². The summed E-state index contributed by atoms with van der Waals surface area (Å²) in [4.78, 5) is 26.4. The second kappa shape index (κ2) is 2.48. The van der Waals surface area contributed by atoms with Crippen LogP contribution in [0.1, 0.15) is 0 Å². The molecule has 0 amide bonds. The second-order valence-corrected chi connectivity index (χ2v) is 2.64. The smallest absolute Gasteiger partial charge is 0.314 e. The first-order valence-corrected chi connectivity index (χ1v) is 3.62. The normalized spacial score (nSPS) is 10.5. The summed E-state index contributed by atoms with van der Waals surface area (Å²) >= 11 is 0. The molecule has 2 rings (SSSR count). The van der Waals surface area contributed by atoms with Gasteiger partial charge in [0.2, 0.25) is 0 Å². The number of aromatic amines is 2. The third-order valence-electron chi connectivity index (χ3n) is 1.71. The summed E-state index contributed by atoms with van der Waals surface area (Å²) in [5.74, 6) is 0.0372. The molecule has 0 aliphatic heterocycles. The molecule has 0 spiro atoms. The van der Waals surface area contributed by atoms with E-state index < -0.39 is 11.1 Å². The Kier molecular flexibility index (Phi) is 1.45. The van der Waals surface area contributed by atoms with Crippen molar-refractivity contribution in [2.24, 2.45) is 0 Å². The Morgan fingerprint density at radius 3 is 2.31 bits per heavy atom. The maximum Gasteiger partial charge on any atom is 0.314 e. The molecular formula is C8H6N2O3. The molecule has 0 unspecified atom stereocenters. The van der Waals surface area contributed by atoms with Gasteiger partial charge in [-0.1, -0.05) is 0 Å². The van der Waals surface area contributed by atoms with E-state index in [2.05, 4.69) is 9.97 Å². The Labute approximate surface area is 71.7 Å². The van der Waals surface area contributed by atoms with Crippen molar-refractivity contribution in [3.63, 3.8) is 0 Å². The lowest BCUT2D eigenvalue weighted by atomic mass is 10.3. The lowest BCUT2D eigenvalue weighted by Crippen LogP contribution is -2.28. The molecule has 0 aliphatic rings. The fourth-order valence-electron chi connectivity index (χ4n) is 1.10. The summed E-state index contributed by atoms with van der Waals surface area (Å²) in [7, 11) is 0. The van der Waals surface area contributed by atoms with Gasteiger partial charge in [-0.05, 0) is 12.1 Å². The average molecular weight is 178 g/mol. The van der Waals surface area contributed by atoms with E-state index in [0.29, 0.717) is 11.0 Å². The third-order valence-corrected chi connectivity index (χ3v) is 1.71. The topological polar surface area (TPSA) is 85.9 Å². The highest BCUT2D eigenvalue weighted by molar-refractivity contribution is 5.75. The van der Waals surface area contributed by atoms with Crippen LogP contribution in [0.3, 0.4) is 0 Å². The van der Waals surface area contributed by atoms with E-state index in [4.69, 9.17) is 5.11 Å². The molecule has 1 aromatic carbocycles. The van der Waals surface area contributed by atoms with Crippen LogP contribution in [-0.4, -0.2) is 15.1 Å². The van der Waals surface area contributed by atoms with E-state index in [0.717, 1.165) is 0 Å². The summed E-state index contributed by atoms with van der Waals surface area (Å²) in [6, 6.07) is 4.31. The highest BCUT2D eigenvalue weighted by Gasteiger charge is 1.98. The predicted octanol–water partition coefficient (Wildman–Crippen LogP) is -0.0780. The van der Waals surface area contributed by atoms with E-state index in [1.165, 1.54) is 18.2 Å². The SMILES string of the molecule is O=c1[nH]c2ccc(O)cc2[nH]c1=O. The number of aromatic hydroxyl groups is 1. The minimum atomic E-state index is -0.724. The maximum atomic E-state index is 10.9. The van der Waals surface area contributed by atoms with Gasteiger partial charge in [0.1, 0.15) is 5.75 Å². The maximum absolute atomic E-state index is 10.9. The highest BCUT2D eigenvalue weighted by Crippen LogP contribution is 2.13. The Morgan fingerprint density at radius 1 is 1.00 bits per heavy atom. The summed E-state index contributed by atoms with van der Waals surface area (Å²) in [5.41, 5.74) is -0.525. The van der Waals surface area contributed by atoms with Crippen molar-refractivity contribution >= 4 is 11.0 Å². The lowest BCUT2D eigenvalue weighted by Gasteiger charge is -1.96. The van der Waals surface area contributed by atoms with Crippen LogP contribution in [0.5, 0.6) is 5.75 Å². The zero-order valence-corrected chi connectivity index (χ0v) is 6.50. The lowest BCUT2D eigenvalue weighted by molar-refractivity contribution is 0.476. The average Bonchev–Trinajstić information content (AvgIpc) is 2.08. The largest absolute Gasteiger partial charge is 0.508 e. The van der Waals surface area contributed by atoms with Crippen LogP contribution in [0.2, 0.25) is 0 Å². The molecule has 0 aliphatic carbocycles. The van der Waals surface area contributed by atoms with Gasteiger partial charge in [0, 0.05) is 6.07 Å². The monoisotopic (exact) mass is 178 g/mol. The zero-order chi connectivity index (χ0) is 9.42. The second-order valence-electron chi connectivity index (χ2n) is 2.64. The molecule has 0 saturated carbocycles. The summed E-state index contributed by atoms with van der Waals surface area (Å²) in [6.07, 6.45) is 0. The first kappa shape index (κ1) is 7.60. The van der Waals surface area contributed by atoms with E-state index in [-0.39, 0.29) is 5.75 Å². The van der Waals surface area contributed by atoms with Crippen molar-refractivity contribution in [3.8, 4) is 5.75 Å². The fraction of sp³-hybridized carbons (Fsp3) is 0. The number of nitrogens with one attached hydrogen (secondary N) is 2. The Morgan fingerprint density at radius 2 is 1.62 bits per heavy atom. The van der Waals surface area contributed by atoms with Gasteiger partial charge in [-0.3, -0.25) is 9.59 Å². The number of benzene rings is 1. The van der Waals surface area contributed by atoms with Crippen molar-refractivity contribution in [3.05, 3.63) is 38.9 Å². The quantitative estimate of drug-likeness (QED) is 0.493. The number of fused-ring (bicyclic) bond motifs is 1. The number of phenols is 1. The zero-order valence-electron chi connectivity index (χ0n) is 6.50. The minimum absolute atomic E-state index is 0.0372. The number of phenolic OH excluding ortho intramolecular Hbond substituents is 1. The van der Waals surface area contributed by atoms with Gasteiger partial charge in [-0.25, -0.2) is 0 Å². The molecule has 13 heavy (non-hydrogen) atoms. The van der Waals surface area contributed by atoms with Crippen LogP contribution in [0.25, 0.3) is 11.0 Å². The number of hydrogen-bond donors (Lipinski definition) is 3. The Balaban J connectivity index is 2.97. The summed E-state index contributed by atoms with van der Waals surface area (Å²) < 4.78 is 0. The molecule has 0 radical (unpaired) electrons. The highest BCUT2D eigenvalue weighted by atomic mass is 16.3. The van der Waals surface area contributed by atoms with Crippen LogP contribution < -0.4 is 11.1 Å². The number of rotatable bonds is 0. The molecule has 5 nitrogen and oxygen atoms in total. The molecule has 0 bridgehead atoms. The molecule has 0 fully saturated rings. The standard InChI is InChI=1S/C8H6N2O3/c11-4-1-2-5-6(3-4)10-8(13)7(12)9-5/h1-3,11H,(H,9,12)(H,10,13). The van der Waals surface area contributed by atoms with E-state index in [9.17, 15) is 9.59 Å². The van der Waals surface area contributed by atoms with Crippen molar-refractivity contribution in [2.45, 2.75) is 0 Å². The van der Waals surface area contributed by atoms with Crippen molar-refractivity contribution in [1.29, 1.82) is 0 Å². The van der Waals surface area contributed by atoms with Gasteiger partial charge in [0.05, 0.1) is 11.0 Å². The fourth-order valence-corrected chi connectivity index (χ4v) is 1.10. The van der Waals surface area contributed by atoms with E-state index in [1.807, 2.05) is 0 Å².